The Balaban J connectivity index is 1.77. The van der Waals surface area contributed by atoms with E-state index >= 15 is 0 Å². The zero-order chi connectivity index (χ0) is 58.1. The molecular weight excluding hydrogens is 1010 g/mol. The molecule has 456 valence electrons. The smallest absolute Gasteiger partial charge is 0.220 e. The minimum Gasteiger partial charge on any atom is -0.394 e. The van der Waals surface area contributed by atoms with Crippen LogP contribution in [0.3, 0.4) is 0 Å². The molecule has 0 aromatic heterocycles. The topological polar surface area (TPSA) is 228 Å². The van der Waals surface area contributed by atoms with Crippen molar-refractivity contribution in [3.63, 3.8) is 0 Å². The number of nitrogens with one attached hydrogen (secondary N) is 1. The molecule has 80 heavy (non-hydrogen) atoms. The molecule has 14 heteroatoms. The average molecular weight is 1120 g/mol. The lowest BCUT2D eigenvalue weighted by Crippen LogP contribution is -2.65. The Bertz CT molecular complexity index is 1800. The van der Waals surface area contributed by atoms with Crippen LogP contribution in [0.25, 0.3) is 0 Å². The Hall–Kier alpha value is -3.61. The maximum Gasteiger partial charge on any atom is 0.220 e. The summed E-state index contributed by atoms with van der Waals surface area (Å²) in [5.41, 5.74) is 0. The highest BCUT2D eigenvalue weighted by Gasteiger charge is 2.51. The second-order valence-corrected chi connectivity index (χ2v) is 21.1. The number of aliphatic hydroxyl groups excluding tert-OH is 8. The molecule has 14 nitrogen and oxygen atoms in total. The molecule has 0 radical (unpaired) electrons. The molecule has 1 amide bonds. The second-order valence-electron chi connectivity index (χ2n) is 21.1. The van der Waals surface area contributed by atoms with Crippen LogP contribution in [0.2, 0.25) is 0 Å². The summed E-state index contributed by atoms with van der Waals surface area (Å²) in [5.74, 6) is -0.279. The van der Waals surface area contributed by atoms with Crippen molar-refractivity contribution in [2.24, 2.45) is 0 Å². The third-order valence-electron chi connectivity index (χ3n) is 14.1. The fourth-order valence-corrected chi connectivity index (χ4v) is 9.20. The van der Waals surface area contributed by atoms with Crippen LogP contribution in [0.4, 0.5) is 0 Å². The van der Waals surface area contributed by atoms with Crippen molar-refractivity contribution >= 4 is 5.91 Å². The van der Waals surface area contributed by atoms with E-state index < -0.39 is 86.8 Å². The third-order valence-corrected chi connectivity index (χ3v) is 14.1. The van der Waals surface area contributed by atoms with Gasteiger partial charge in [-0.3, -0.25) is 4.79 Å². The van der Waals surface area contributed by atoms with Crippen molar-refractivity contribution in [3.8, 4) is 0 Å². The zero-order valence-electron chi connectivity index (χ0n) is 49.0. The molecule has 0 aromatic carbocycles. The lowest BCUT2D eigenvalue weighted by molar-refractivity contribution is -0.359. The predicted molar refractivity (Wildman–Crippen MR) is 322 cm³/mol. The van der Waals surface area contributed by atoms with Crippen molar-refractivity contribution in [1.82, 2.24) is 5.32 Å². The molecule has 2 fully saturated rings. The number of unbranched alkanes of at least 4 members (excludes halogenated alkanes) is 16. The van der Waals surface area contributed by atoms with Crippen LogP contribution in [0.15, 0.2) is 122 Å². The van der Waals surface area contributed by atoms with Gasteiger partial charge < -0.3 is 65.1 Å². The van der Waals surface area contributed by atoms with Gasteiger partial charge in [-0.2, -0.15) is 0 Å². The maximum atomic E-state index is 13.3. The first-order valence-corrected chi connectivity index (χ1v) is 30.8. The molecule has 0 aromatic rings. The number of aliphatic hydroxyl groups is 8. The van der Waals surface area contributed by atoms with Crippen LogP contribution in [0.5, 0.6) is 0 Å². The Kier molecular flexibility index (Phi) is 45.3. The lowest BCUT2D eigenvalue weighted by Gasteiger charge is -2.46. The molecule has 0 spiro atoms. The fraction of sp³-hybridized carbons (Fsp3) is 0.682. The lowest BCUT2D eigenvalue weighted by atomic mass is 9.97. The van der Waals surface area contributed by atoms with Gasteiger partial charge >= 0.3 is 0 Å². The SMILES string of the molecule is CC/C=C\C/C=C\C/C=C\C/C=C\C/C=C\C/C=C\C/C=C\C/C=C\CCCCCCC(=O)NC(COC1OC(CO)C(OC2OC(CO)C(O)C(O)C2O)C(O)C1O)C(O)/C=C/CC/C=C/CCCCCCCCCCCCC. The summed E-state index contributed by atoms with van der Waals surface area (Å²) in [6.45, 7) is 2.63. The van der Waals surface area contributed by atoms with Crippen molar-refractivity contribution in [3.05, 3.63) is 122 Å². The van der Waals surface area contributed by atoms with Crippen LogP contribution in [-0.4, -0.2) is 140 Å². The first-order valence-electron chi connectivity index (χ1n) is 30.8. The van der Waals surface area contributed by atoms with Crippen molar-refractivity contribution in [2.75, 3.05) is 19.8 Å². The molecule has 0 aliphatic carbocycles. The number of amides is 1. The maximum absolute atomic E-state index is 13.3. The molecule has 2 heterocycles. The summed E-state index contributed by atoms with van der Waals surface area (Å²) in [6.07, 6.45) is 55.2. The Morgan fingerprint density at radius 2 is 0.875 bits per heavy atom. The standard InChI is InChI=1S/C66H109NO13/c1-3-5-7-9-11-13-15-17-19-21-22-23-24-25-26-27-28-29-30-31-32-34-36-38-40-42-44-46-48-50-58(71)67-54(55(70)49-47-45-43-41-39-37-35-33-20-18-16-14-12-10-8-6-4-2)53-77-65-63(76)61(74)64(57(52-69)79-65)80-66-62(75)60(73)59(72)56(51-68)78-66/h5,7,11,13,17,19,22-23,25-26,28-29,31-32,36,38-39,41,47,49,54-57,59-66,68-70,72-76H,3-4,6,8-10,12,14-16,18,20-21,24,27,30,33-35,37,40,42-46,48,50-53H2,1-2H3,(H,67,71)/b7-5-,13-11-,19-17-,23-22-,26-25-,29-28-,32-31-,38-36-,41-39+,49-47+. The highest BCUT2D eigenvalue weighted by Crippen LogP contribution is 2.30. The molecule has 2 saturated heterocycles. The predicted octanol–water partition coefficient (Wildman–Crippen LogP) is 11.0. The number of ether oxygens (including phenoxy) is 4. The van der Waals surface area contributed by atoms with Gasteiger partial charge in [0.1, 0.15) is 48.8 Å². The van der Waals surface area contributed by atoms with Gasteiger partial charge in [0.15, 0.2) is 12.6 Å². The normalized spacial score (nSPS) is 25.1. The van der Waals surface area contributed by atoms with Gasteiger partial charge in [-0.15, -0.1) is 0 Å². The highest BCUT2D eigenvalue weighted by atomic mass is 16.7. The molecule has 0 saturated carbocycles. The summed E-state index contributed by atoms with van der Waals surface area (Å²) in [4.78, 5) is 13.3. The van der Waals surface area contributed by atoms with Gasteiger partial charge in [-0.25, -0.2) is 0 Å². The Morgan fingerprint density at radius 1 is 0.463 bits per heavy atom. The second kappa shape index (κ2) is 50.0. The number of hydrogen-bond acceptors (Lipinski definition) is 13. The molecule has 2 aliphatic rings. The Morgan fingerprint density at radius 3 is 1.38 bits per heavy atom. The zero-order valence-corrected chi connectivity index (χ0v) is 49.0. The molecule has 9 N–H and O–H groups in total. The summed E-state index contributed by atoms with van der Waals surface area (Å²) in [7, 11) is 0. The first kappa shape index (κ1) is 72.5. The van der Waals surface area contributed by atoms with Gasteiger partial charge in [-0.1, -0.05) is 212 Å². The molecular formula is C66H109NO13. The van der Waals surface area contributed by atoms with Gasteiger partial charge in [0.25, 0.3) is 0 Å². The van der Waals surface area contributed by atoms with Gasteiger partial charge in [0.05, 0.1) is 32.0 Å². The molecule has 0 bridgehead atoms. The van der Waals surface area contributed by atoms with Crippen molar-refractivity contribution in [1.29, 1.82) is 0 Å². The van der Waals surface area contributed by atoms with Gasteiger partial charge in [0, 0.05) is 6.42 Å². The number of rotatable bonds is 47. The molecule has 12 atom stereocenters. The summed E-state index contributed by atoms with van der Waals surface area (Å²) in [6, 6.07) is -0.955. The van der Waals surface area contributed by atoms with Gasteiger partial charge in [-0.05, 0) is 96.3 Å². The number of hydrogen-bond donors (Lipinski definition) is 9. The van der Waals surface area contributed by atoms with E-state index in [1.807, 2.05) is 6.08 Å². The van der Waals surface area contributed by atoms with Crippen molar-refractivity contribution in [2.45, 2.75) is 267 Å². The van der Waals surface area contributed by atoms with E-state index in [-0.39, 0.29) is 18.9 Å². The average Bonchev–Trinajstić information content (AvgIpc) is 3.46. The molecule has 2 aliphatic heterocycles. The van der Waals surface area contributed by atoms with Crippen molar-refractivity contribution < 1.29 is 64.6 Å². The van der Waals surface area contributed by atoms with E-state index in [4.69, 9.17) is 18.9 Å². The van der Waals surface area contributed by atoms with Crippen LogP contribution in [-0.2, 0) is 23.7 Å². The van der Waals surface area contributed by atoms with Crippen LogP contribution >= 0.6 is 0 Å². The van der Waals surface area contributed by atoms with Crippen LogP contribution in [0.1, 0.15) is 194 Å². The largest absolute Gasteiger partial charge is 0.394 e. The monoisotopic (exact) mass is 1120 g/mol. The third kappa shape index (κ3) is 34.7. The fourth-order valence-electron chi connectivity index (χ4n) is 9.20. The highest BCUT2D eigenvalue weighted by molar-refractivity contribution is 5.76. The quantitative estimate of drug-likeness (QED) is 0.0204. The summed E-state index contributed by atoms with van der Waals surface area (Å²) in [5, 5.41) is 87.1. The number of carbonyl (C=O) groups is 1. The van der Waals surface area contributed by atoms with E-state index in [0.717, 1.165) is 89.9 Å². The van der Waals surface area contributed by atoms with Crippen LogP contribution in [0, 0.1) is 0 Å². The van der Waals surface area contributed by atoms with E-state index in [9.17, 15) is 45.6 Å². The van der Waals surface area contributed by atoms with E-state index in [0.29, 0.717) is 12.8 Å². The van der Waals surface area contributed by atoms with E-state index in [1.54, 1.807) is 6.08 Å². The van der Waals surface area contributed by atoms with Gasteiger partial charge in [0.2, 0.25) is 5.91 Å². The molecule has 12 unspecified atom stereocenters. The Labute approximate surface area is 482 Å². The van der Waals surface area contributed by atoms with Crippen LogP contribution < -0.4 is 5.32 Å². The molecule has 2 rings (SSSR count). The summed E-state index contributed by atoms with van der Waals surface area (Å²) < 4.78 is 22.7. The minimum absolute atomic E-state index is 0.235. The number of carbonyl (C=O) groups excluding carboxylic acids is 1. The summed E-state index contributed by atoms with van der Waals surface area (Å²) >= 11 is 0. The first-order chi connectivity index (χ1) is 39.1. The number of allylic oxidation sites excluding steroid dienone is 19. The van der Waals surface area contributed by atoms with E-state index in [2.05, 4.69) is 129 Å². The van der Waals surface area contributed by atoms with E-state index in [1.165, 1.54) is 70.6 Å². The minimum atomic E-state index is -1.80.